The van der Waals surface area contributed by atoms with E-state index in [-0.39, 0.29) is 0 Å². The van der Waals surface area contributed by atoms with Gasteiger partial charge in [-0.3, -0.25) is 9.32 Å². The fraction of sp³-hybridized carbons (Fsp3) is 0.833. The maximum absolute atomic E-state index is 12.0. The summed E-state index contributed by atoms with van der Waals surface area (Å²) in [6.45, 7) is -1.87. The smallest absolute Gasteiger partial charge is 0.353 e. The summed E-state index contributed by atoms with van der Waals surface area (Å²) >= 11 is 0. The van der Waals surface area contributed by atoms with Crippen LogP contribution in [0, 0.1) is 5.92 Å². The van der Waals surface area contributed by atoms with Gasteiger partial charge in [-0.25, -0.2) is 4.57 Å². The largest absolute Gasteiger partial charge is 0.469 e. The number of carbonyl (C=O) groups excluding carboxylic acids is 1. The molecule has 0 atom stereocenters. The lowest BCUT2D eigenvalue weighted by Gasteiger charge is -2.21. The van der Waals surface area contributed by atoms with Gasteiger partial charge in [-0.1, -0.05) is 0 Å². The van der Waals surface area contributed by atoms with Gasteiger partial charge in [-0.15, -0.1) is 0 Å². The van der Waals surface area contributed by atoms with Crippen LogP contribution in [0.1, 0.15) is 0 Å². The fourth-order valence-electron chi connectivity index (χ4n) is 0.924. The minimum absolute atomic E-state index is 0.924. The maximum atomic E-state index is 12.0. The Bertz CT molecular complexity index is 348. The first-order chi connectivity index (χ1) is 8.25. The van der Waals surface area contributed by atoms with Crippen LogP contribution in [0.2, 0.25) is 0 Å². The molecule has 0 rings (SSSR count). The summed E-state index contributed by atoms with van der Waals surface area (Å²) in [4.78, 5) is 27.1. The molecular weight excluding hydrogens is 311 g/mol. The Kier molecular flexibility index (Phi) is 5.81. The summed E-state index contributed by atoms with van der Waals surface area (Å²) in [5.74, 6) is -6.59. The number of hydrogen-bond acceptors (Lipinski definition) is 3. The van der Waals surface area contributed by atoms with Crippen molar-refractivity contribution in [2.24, 2.45) is 5.92 Å². The first kappa shape index (κ1) is 18.2. The van der Waals surface area contributed by atoms with E-state index in [9.17, 15) is 35.7 Å². The van der Waals surface area contributed by atoms with E-state index in [1.54, 1.807) is 0 Å². The quantitative estimate of drug-likeness (QED) is 0.398. The molecule has 0 radical (unpaired) electrons. The zero-order chi connectivity index (χ0) is 15.5. The van der Waals surface area contributed by atoms with Crippen LogP contribution in [0.15, 0.2) is 0 Å². The monoisotopic (exact) mass is 319 g/mol. The second kappa shape index (κ2) is 6.07. The third kappa shape index (κ3) is 7.35. The fourth-order valence-corrected chi connectivity index (χ4v) is 1.25. The molecule has 19 heavy (non-hydrogen) atoms. The average Bonchev–Trinajstić information content (AvgIpc) is 2.05. The molecule has 0 spiro atoms. The van der Waals surface area contributed by atoms with E-state index >= 15 is 0 Å². The van der Waals surface area contributed by atoms with E-state index in [0.29, 0.717) is 0 Å². The summed E-state index contributed by atoms with van der Waals surface area (Å²) in [6, 6.07) is 0. The van der Waals surface area contributed by atoms with Gasteiger partial charge in [0.1, 0.15) is 0 Å². The summed E-state index contributed by atoms with van der Waals surface area (Å²) in [6.07, 6.45) is -11.7. The summed E-state index contributed by atoms with van der Waals surface area (Å²) < 4.78 is 86.0. The summed E-state index contributed by atoms with van der Waals surface area (Å²) in [5, 5.41) is 1.22. The van der Waals surface area contributed by atoms with Gasteiger partial charge in [0.25, 0.3) is 0 Å². The Morgan fingerprint density at radius 3 is 1.89 bits per heavy atom. The summed E-state index contributed by atoms with van der Waals surface area (Å²) in [7, 11) is -4.91. The van der Waals surface area contributed by atoms with Gasteiger partial charge in [-0.05, 0) is 0 Å². The molecule has 0 heterocycles. The van der Waals surface area contributed by atoms with E-state index in [2.05, 4.69) is 4.52 Å². The first-order valence-corrected chi connectivity index (χ1v) is 5.89. The highest BCUT2D eigenvalue weighted by Crippen LogP contribution is 2.39. The van der Waals surface area contributed by atoms with Crippen molar-refractivity contribution in [3.63, 3.8) is 0 Å². The van der Waals surface area contributed by atoms with Crippen molar-refractivity contribution in [3.8, 4) is 0 Å². The van der Waals surface area contributed by atoms with Crippen LogP contribution < -0.4 is 5.32 Å². The van der Waals surface area contributed by atoms with Crippen molar-refractivity contribution in [3.05, 3.63) is 0 Å². The van der Waals surface area contributed by atoms with Crippen molar-refractivity contribution in [1.29, 1.82) is 0 Å². The number of amides is 1. The van der Waals surface area contributed by atoms with Crippen molar-refractivity contribution < 1.29 is 50.0 Å². The number of nitrogens with one attached hydrogen (secondary N) is 1. The second-order valence-electron chi connectivity index (χ2n) is 3.13. The normalized spacial score (nSPS) is 13.7. The van der Waals surface area contributed by atoms with E-state index < -0.39 is 45.2 Å². The first-order valence-electron chi connectivity index (χ1n) is 4.36. The van der Waals surface area contributed by atoms with Gasteiger partial charge in [0.2, 0.25) is 11.8 Å². The molecule has 1 amide bonds. The van der Waals surface area contributed by atoms with Crippen molar-refractivity contribution in [1.82, 2.24) is 5.32 Å². The molecule has 0 saturated carbocycles. The third-order valence-corrected chi connectivity index (χ3v) is 2.10. The van der Waals surface area contributed by atoms with Gasteiger partial charge in [0.05, 0.1) is 6.61 Å². The Hall–Kier alpha value is -0.840. The molecule has 13 heteroatoms. The molecule has 0 saturated heterocycles. The molecule has 114 valence electrons. The molecule has 0 fully saturated rings. The highest BCUT2D eigenvalue weighted by molar-refractivity contribution is 7.46. The van der Waals surface area contributed by atoms with Gasteiger partial charge >= 0.3 is 20.2 Å². The minimum Gasteiger partial charge on any atom is -0.353 e. The zero-order valence-corrected chi connectivity index (χ0v) is 9.72. The van der Waals surface area contributed by atoms with Crippen LogP contribution in [-0.2, 0) is 13.9 Å². The molecule has 0 aromatic rings. The van der Waals surface area contributed by atoms with Gasteiger partial charge in [0, 0.05) is 6.54 Å². The predicted molar refractivity (Wildman–Crippen MR) is 46.6 cm³/mol. The zero-order valence-electron chi connectivity index (χ0n) is 8.83. The lowest BCUT2D eigenvalue weighted by Crippen LogP contribution is -2.48. The number of halogens is 6. The highest BCUT2D eigenvalue weighted by Gasteiger charge is 2.60. The number of carbonyl (C=O) groups is 1. The van der Waals surface area contributed by atoms with Crippen LogP contribution >= 0.6 is 7.82 Å². The molecule has 0 aromatic carbocycles. The van der Waals surface area contributed by atoms with Crippen molar-refractivity contribution in [2.75, 3.05) is 13.2 Å². The Labute approximate surface area is 102 Å². The Morgan fingerprint density at radius 2 is 1.58 bits per heavy atom. The minimum atomic E-state index is -5.83. The molecule has 0 aliphatic rings. The Balaban J connectivity index is 4.49. The Morgan fingerprint density at radius 1 is 1.16 bits per heavy atom. The molecule has 0 aromatic heterocycles. The molecule has 3 N–H and O–H groups in total. The number of phosphoric ester groups is 1. The molecule has 0 unspecified atom stereocenters. The van der Waals surface area contributed by atoms with Gasteiger partial charge in [0.15, 0.2) is 0 Å². The topological polar surface area (TPSA) is 95.9 Å². The van der Waals surface area contributed by atoms with Crippen molar-refractivity contribution >= 4 is 13.7 Å². The second-order valence-corrected chi connectivity index (χ2v) is 4.37. The van der Waals surface area contributed by atoms with Crippen LogP contribution in [0.4, 0.5) is 26.3 Å². The number of alkyl halides is 6. The highest BCUT2D eigenvalue weighted by atomic mass is 31.2. The maximum Gasteiger partial charge on any atom is 0.469 e. The van der Waals surface area contributed by atoms with Gasteiger partial charge in [-0.2, -0.15) is 26.3 Å². The lowest BCUT2D eigenvalue weighted by molar-refractivity contribution is -0.274. The van der Waals surface area contributed by atoms with E-state index in [0.717, 1.165) is 0 Å². The van der Waals surface area contributed by atoms with E-state index in [4.69, 9.17) is 9.79 Å². The molecule has 0 aliphatic carbocycles. The number of phosphoric acid groups is 1. The third-order valence-electron chi connectivity index (χ3n) is 1.58. The van der Waals surface area contributed by atoms with Crippen LogP contribution in [0.3, 0.4) is 0 Å². The van der Waals surface area contributed by atoms with Crippen LogP contribution in [0.5, 0.6) is 0 Å². The van der Waals surface area contributed by atoms with E-state index in [1.807, 2.05) is 0 Å². The lowest BCUT2D eigenvalue weighted by atomic mass is 10.1. The van der Waals surface area contributed by atoms with E-state index in [1.165, 1.54) is 5.32 Å². The SMILES string of the molecule is O=C(NCCOP(=O)(O)O)C(C(F)(F)F)C(F)(F)F. The van der Waals surface area contributed by atoms with Gasteiger partial charge < -0.3 is 15.1 Å². The molecular formula is C6H8F6NO5P. The molecule has 0 aliphatic heterocycles. The van der Waals surface area contributed by atoms with Crippen LogP contribution in [0.25, 0.3) is 0 Å². The standard InChI is InChI=1S/C6H8F6NO5P/c7-5(8,9)3(6(10,11)12)4(14)13-1-2-18-19(15,16)17/h3H,1-2H2,(H,13,14)(H2,15,16,17). The summed E-state index contributed by atoms with van der Waals surface area (Å²) in [5.41, 5.74) is 0. The predicted octanol–water partition coefficient (Wildman–Crippen LogP) is 0.953. The molecule has 6 nitrogen and oxygen atoms in total. The number of rotatable bonds is 5. The van der Waals surface area contributed by atoms with Crippen LogP contribution in [-0.4, -0.2) is 41.2 Å². The number of hydrogen-bond donors (Lipinski definition) is 3. The van der Waals surface area contributed by atoms with Crippen molar-refractivity contribution in [2.45, 2.75) is 12.4 Å². The average molecular weight is 319 g/mol. The molecule has 0 bridgehead atoms.